The van der Waals surface area contributed by atoms with Crippen molar-refractivity contribution in [2.75, 3.05) is 28.2 Å². The highest BCUT2D eigenvalue weighted by Gasteiger charge is 2.60. The summed E-state index contributed by atoms with van der Waals surface area (Å²) in [5.41, 5.74) is -1.95. The normalized spacial score (nSPS) is 30.0. The van der Waals surface area contributed by atoms with Crippen LogP contribution in [0.3, 0.4) is 0 Å². The zero-order valence-electron chi connectivity index (χ0n) is 23.9. The van der Waals surface area contributed by atoms with E-state index in [9.17, 15) is 0 Å². The molecule has 2 atom stereocenters. The van der Waals surface area contributed by atoms with Gasteiger partial charge in [-0.2, -0.15) is 0 Å². The predicted molar refractivity (Wildman–Crippen MR) is 144 cm³/mol. The van der Waals surface area contributed by atoms with Crippen LogP contribution in [0.5, 0.6) is 0 Å². The van der Waals surface area contributed by atoms with Gasteiger partial charge in [0.15, 0.2) is 0 Å². The Kier molecular flexibility index (Phi) is 6.60. The molecule has 4 rings (SSSR count). The van der Waals surface area contributed by atoms with E-state index in [2.05, 4.69) is 65.0 Å². The van der Waals surface area contributed by atoms with Gasteiger partial charge in [-0.05, 0) is 55.4 Å². The Bertz CT molecular complexity index is 881. The molecular weight excluding hydrogens is 458 g/mol. The molecule has 0 saturated carbocycles. The van der Waals surface area contributed by atoms with E-state index in [1.165, 1.54) is 0 Å². The lowest BCUT2D eigenvalue weighted by Gasteiger charge is -2.47. The fraction of sp³-hybridized carbons (Fsp3) is 0.750. The van der Waals surface area contributed by atoms with Crippen LogP contribution in [0.2, 0.25) is 0 Å². The maximum atomic E-state index is 6.50. The van der Waals surface area contributed by atoms with E-state index in [4.69, 9.17) is 28.6 Å². The van der Waals surface area contributed by atoms with Crippen LogP contribution in [0.25, 0.3) is 0 Å². The van der Waals surface area contributed by atoms with Crippen molar-refractivity contribution < 1.29 is 18.6 Å². The van der Waals surface area contributed by atoms with Crippen molar-refractivity contribution in [2.45, 2.75) is 89.9 Å². The first-order valence-corrected chi connectivity index (χ1v) is 12.6. The molecule has 4 aliphatic rings. The van der Waals surface area contributed by atoms with Crippen molar-refractivity contribution in [2.24, 2.45) is 9.98 Å². The van der Waals surface area contributed by atoms with Crippen LogP contribution in [-0.2, 0) is 18.6 Å². The summed E-state index contributed by atoms with van der Waals surface area (Å²) in [5, 5.41) is 0. The molecule has 4 heterocycles. The van der Waals surface area contributed by atoms with Crippen LogP contribution >= 0.6 is 0 Å². The summed E-state index contributed by atoms with van der Waals surface area (Å²) < 4.78 is 26.0. The van der Waals surface area contributed by atoms with Crippen molar-refractivity contribution >= 4 is 26.2 Å². The maximum Gasteiger partial charge on any atom is 0.594 e. The van der Waals surface area contributed by atoms with Crippen molar-refractivity contribution in [3.05, 3.63) is 24.8 Å². The molecule has 2 fully saturated rings. The summed E-state index contributed by atoms with van der Waals surface area (Å²) in [5.74, 6) is 1.70. The Morgan fingerprint density at radius 1 is 0.611 bits per heavy atom. The lowest BCUT2D eigenvalue weighted by atomic mass is 9.87. The fourth-order valence-electron chi connectivity index (χ4n) is 4.62. The monoisotopic (exact) mass is 500 g/mol. The summed E-state index contributed by atoms with van der Waals surface area (Å²) in [6.07, 6.45) is 7.46. The summed E-state index contributed by atoms with van der Waals surface area (Å²) in [6, 6.07) is -0.630. The van der Waals surface area contributed by atoms with Crippen LogP contribution in [0.1, 0.15) is 55.4 Å². The second-order valence-electron chi connectivity index (χ2n) is 12.3. The van der Waals surface area contributed by atoms with E-state index in [1.54, 1.807) is 12.4 Å². The van der Waals surface area contributed by atoms with Crippen LogP contribution in [0, 0.1) is 0 Å². The largest absolute Gasteiger partial charge is 0.594 e. The van der Waals surface area contributed by atoms with E-state index in [-0.39, 0.29) is 12.1 Å². The van der Waals surface area contributed by atoms with Crippen LogP contribution < -0.4 is 0 Å². The third-order valence-electron chi connectivity index (χ3n) is 8.25. The van der Waals surface area contributed by atoms with E-state index in [0.29, 0.717) is 0 Å². The average Bonchev–Trinajstić information content (AvgIpc) is 3.11. The van der Waals surface area contributed by atoms with Gasteiger partial charge in [0, 0.05) is 53.0 Å². The lowest BCUT2D eigenvalue weighted by molar-refractivity contribution is 0.00578. The zero-order chi connectivity index (χ0) is 26.8. The van der Waals surface area contributed by atoms with Crippen LogP contribution in [-0.4, -0.2) is 108 Å². The lowest BCUT2D eigenvalue weighted by Crippen LogP contribution is -2.67. The molecule has 0 bridgehead atoms. The van der Waals surface area contributed by atoms with Crippen LogP contribution in [0.4, 0.5) is 0 Å². The van der Waals surface area contributed by atoms with Crippen LogP contribution in [0.15, 0.2) is 34.8 Å². The van der Waals surface area contributed by atoms with Gasteiger partial charge >= 0.3 is 14.5 Å². The number of rotatable bonds is 3. The van der Waals surface area contributed by atoms with Crippen molar-refractivity contribution in [1.29, 1.82) is 0 Å². The Morgan fingerprint density at radius 2 is 0.889 bits per heavy atom. The minimum atomic E-state index is -0.615. The molecule has 0 N–H and O–H groups in total. The number of aliphatic imine (C=N–C) groups is 2. The predicted octanol–water partition coefficient (Wildman–Crippen LogP) is 2.40. The number of hydrogen-bond donors (Lipinski definition) is 0. The molecule has 0 aromatic rings. The summed E-state index contributed by atoms with van der Waals surface area (Å²) in [7, 11) is 6.76. The Hall–Kier alpha value is -2.01. The van der Waals surface area contributed by atoms with Gasteiger partial charge < -0.3 is 38.0 Å². The van der Waals surface area contributed by atoms with Gasteiger partial charge in [0.2, 0.25) is 0 Å². The molecule has 10 nitrogen and oxygen atoms in total. The third-order valence-corrected chi connectivity index (χ3v) is 8.25. The Morgan fingerprint density at radius 3 is 1.14 bits per heavy atom. The molecule has 0 aliphatic carbocycles. The van der Waals surface area contributed by atoms with E-state index >= 15 is 0 Å². The van der Waals surface area contributed by atoms with E-state index in [0.717, 1.165) is 11.7 Å². The highest BCUT2D eigenvalue weighted by molar-refractivity contribution is 6.44. The molecule has 0 aromatic carbocycles. The molecule has 12 heteroatoms. The average molecular weight is 500 g/mol. The summed E-state index contributed by atoms with van der Waals surface area (Å²) in [6.45, 7) is 16.5. The molecule has 198 valence electrons. The van der Waals surface area contributed by atoms with Crippen molar-refractivity contribution in [3.63, 3.8) is 0 Å². The van der Waals surface area contributed by atoms with Gasteiger partial charge in [-0.3, -0.25) is 0 Å². The molecule has 0 aromatic heterocycles. The van der Waals surface area contributed by atoms with Gasteiger partial charge in [-0.25, -0.2) is 9.98 Å². The number of likely N-dealkylation sites (N-methyl/N-ethyl adjacent to an activating group) is 2. The van der Waals surface area contributed by atoms with Crippen molar-refractivity contribution in [3.8, 4) is 0 Å². The highest BCUT2D eigenvalue weighted by atomic mass is 16.7. The molecule has 36 heavy (non-hydrogen) atoms. The minimum absolute atomic E-state index is 0.315. The molecule has 0 radical (unpaired) electrons. The smallest absolute Gasteiger partial charge is 0.384 e. The van der Waals surface area contributed by atoms with Crippen molar-refractivity contribution in [1.82, 2.24) is 19.4 Å². The SMILES string of the molecule is CN(C)C1=NC=CN(B2OC(C)(C)C(C)(C)O2)[C@H]1[C@@H]1C(N(C)C)=NC=CN1B1OC(C)(C)C(C)(C)O1. The first kappa shape index (κ1) is 27.0. The third kappa shape index (κ3) is 4.36. The molecule has 2 saturated heterocycles. The van der Waals surface area contributed by atoms with E-state index < -0.39 is 36.9 Å². The van der Waals surface area contributed by atoms with Gasteiger partial charge in [0.25, 0.3) is 0 Å². The van der Waals surface area contributed by atoms with E-state index in [1.807, 2.05) is 50.4 Å². The fourth-order valence-corrected chi connectivity index (χ4v) is 4.62. The quantitative estimate of drug-likeness (QED) is 0.548. The Labute approximate surface area is 217 Å². The van der Waals surface area contributed by atoms with Gasteiger partial charge in [-0.1, -0.05) is 0 Å². The summed E-state index contributed by atoms with van der Waals surface area (Å²) in [4.78, 5) is 17.8. The molecule has 4 aliphatic heterocycles. The number of hydrogen-bond acceptors (Lipinski definition) is 10. The number of amidine groups is 2. The topological polar surface area (TPSA) is 74.6 Å². The standard InChI is InChI=1S/C24H42B2N6O4/c1-21(2)22(3,4)34-25(33-21)31-15-13-27-19(29(9)10)17(31)18-20(30(11)12)28-14-16-32(18)26-35-23(5,6)24(7,8)36-26/h13-18H,1-12H3/t17-,18+. The maximum absolute atomic E-state index is 6.50. The van der Waals surface area contributed by atoms with Gasteiger partial charge in [0.05, 0.1) is 22.4 Å². The second-order valence-corrected chi connectivity index (χ2v) is 12.3. The molecule has 0 unspecified atom stereocenters. The number of nitrogens with zero attached hydrogens (tertiary/aromatic N) is 6. The first-order chi connectivity index (χ1) is 16.5. The van der Waals surface area contributed by atoms with Gasteiger partial charge in [-0.15, -0.1) is 0 Å². The molecule has 0 amide bonds. The molecular formula is C24H42B2N6O4. The molecule has 0 spiro atoms. The zero-order valence-corrected chi connectivity index (χ0v) is 23.9. The first-order valence-electron chi connectivity index (χ1n) is 12.6. The van der Waals surface area contributed by atoms with Gasteiger partial charge in [0.1, 0.15) is 23.8 Å². The second kappa shape index (κ2) is 8.79. The minimum Gasteiger partial charge on any atom is -0.384 e. The summed E-state index contributed by atoms with van der Waals surface area (Å²) >= 11 is 0. The Balaban J connectivity index is 1.79. The highest BCUT2D eigenvalue weighted by Crippen LogP contribution is 2.41.